The van der Waals surface area contributed by atoms with Gasteiger partial charge in [-0.2, -0.15) is 0 Å². The van der Waals surface area contributed by atoms with Gasteiger partial charge in [0.1, 0.15) is 6.54 Å². The van der Waals surface area contributed by atoms with E-state index < -0.39 is 4.87 Å². The molecule has 36 heavy (non-hydrogen) atoms. The van der Waals surface area contributed by atoms with E-state index in [0.29, 0.717) is 23.0 Å². The Morgan fingerprint density at radius 1 is 1.00 bits per heavy atom. The smallest absolute Gasteiger partial charge is 0.269 e. The van der Waals surface area contributed by atoms with Gasteiger partial charge < -0.3 is 5.32 Å². The first-order chi connectivity index (χ1) is 17.2. The number of aryl methyl sites for hydroxylation is 2. The summed E-state index contributed by atoms with van der Waals surface area (Å²) in [5.74, 6) is -0.0973. The number of hydrogen-bond donors (Lipinski definition) is 1. The van der Waals surface area contributed by atoms with Crippen LogP contribution < -0.4 is 15.1 Å². The van der Waals surface area contributed by atoms with Crippen molar-refractivity contribution < 1.29 is 14.4 Å². The van der Waals surface area contributed by atoms with Gasteiger partial charge in [0.15, 0.2) is 0 Å². The van der Waals surface area contributed by atoms with Crippen molar-refractivity contribution in [1.82, 2.24) is 0 Å². The molecule has 0 bridgehead atoms. The first kappa shape index (κ1) is 24.1. The number of rotatable bonds is 5. The molecule has 7 heteroatoms. The third kappa shape index (κ3) is 3.97. The molecule has 0 aliphatic carbocycles. The molecule has 0 radical (unpaired) electrons. The molecule has 1 N–H and O–H groups in total. The zero-order valence-corrected chi connectivity index (χ0v) is 21.7. The lowest BCUT2D eigenvalue weighted by molar-refractivity contribution is -0.124. The molecule has 0 saturated carbocycles. The summed E-state index contributed by atoms with van der Waals surface area (Å²) in [4.78, 5) is 42.3. The summed E-state index contributed by atoms with van der Waals surface area (Å²) >= 11 is 1.32. The lowest BCUT2D eigenvalue weighted by Gasteiger charge is -2.33. The molecule has 2 aliphatic heterocycles. The molecule has 2 heterocycles. The molecule has 1 fully saturated rings. The van der Waals surface area contributed by atoms with Gasteiger partial charge in [-0.15, -0.1) is 11.8 Å². The van der Waals surface area contributed by atoms with Crippen molar-refractivity contribution in [3.8, 4) is 0 Å². The van der Waals surface area contributed by atoms with Crippen molar-refractivity contribution in [3.63, 3.8) is 0 Å². The number of amides is 3. The number of para-hydroxylation sites is 1. The summed E-state index contributed by atoms with van der Waals surface area (Å²) < 4.78 is 0. The van der Waals surface area contributed by atoms with Crippen molar-refractivity contribution in [3.05, 3.63) is 89.0 Å². The molecule has 1 saturated heterocycles. The highest BCUT2D eigenvalue weighted by Crippen LogP contribution is 2.55. The molecule has 3 amide bonds. The summed E-state index contributed by atoms with van der Waals surface area (Å²) in [6, 6.07) is 21.1. The molecule has 0 unspecified atom stereocenters. The number of nitrogens with one attached hydrogen (secondary N) is 1. The Morgan fingerprint density at radius 2 is 1.67 bits per heavy atom. The average molecular weight is 500 g/mol. The molecule has 1 atom stereocenters. The summed E-state index contributed by atoms with van der Waals surface area (Å²) in [5, 5.41) is 2.91. The van der Waals surface area contributed by atoms with Crippen LogP contribution in [0.25, 0.3) is 0 Å². The summed E-state index contributed by atoms with van der Waals surface area (Å²) in [7, 11) is 0. The topological polar surface area (TPSA) is 69.7 Å². The number of benzene rings is 3. The van der Waals surface area contributed by atoms with Crippen LogP contribution >= 0.6 is 11.8 Å². The average Bonchev–Trinajstić information content (AvgIpc) is 3.30. The van der Waals surface area contributed by atoms with Crippen molar-refractivity contribution in [2.75, 3.05) is 27.4 Å². The Morgan fingerprint density at radius 3 is 2.33 bits per heavy atom. The minimum absolute atomic E-state index is 0.121. The van der Waals surface area contributed by atoms with Crippen molar-refractivity contribution in [2.24, 2.45) is 0 Å². The summed E-state index contributed by atoms with van der Waals surface area (Å²) in [6.45, 7) is 8.05. The highest BCUT2D eigenvalue weighted by atomic mass is 32.2. The van der Waals surface area contributed by atoms with E-state index in [1.807, 2.05) is 80.6 Å². The molecule has 1 spiro atoms. The molecule has 2 aliphatic rings. The molecule has 0 aromatic heterocycles. The third-order valence-electron chi connectivity index (χ3n) is 6.69. The fourth-order valence-corrected chi connectivity index (χ4v) is 6.45. The van der Waals surface area contributed by atoms with Crippen LogP contribution in [-0.4, -0.2) is 30.0 Å². The fourth-order valence-electron chi connectivity index (χ4n) is 5.09. The van der Waals surface area contributed by atoms with Gasteiger partial charge in [0.2, 0.25) is 16.7 Å². The standard InChI is InChI=1S/C29H29N3O3S/c1-18(2)21-9-11-22(12-10-21)30-26(33)16-31-25-8-6-5-7-24(25)29(28(31)35)32(27(34)17-36-29)23-14-19(3)13-20(4)15-23/h5-15,18H,16-17H2,1-4H3,(H,30,33)/t29-/m1/s1. The van der Waals surface area contributed by atoms with E-state index in [9.17, 15) is 14.4 Å². The van der Waals surface area contributed by atoms with E-state index in [1.165, 1.54) is 22.2 Å². The van der Waals surface area contributed by atoms with Crippen LogP contribution in [0.2, 0.25) is 0 Å². The molecular weight excluding hydrogens is 470 g/mol. The second kappa shape index (κ2) is 9.13. The lowest BCUT2D eigenvalue weighted by Crippen LogP contribution is -2.51. The number of carbonyl (C=O) groups excluding carboxylic acids is 3. The molecule has 3 aromatic carbocycles. The first-order valence-electron chi connectivity index (χ1n) is 12.1. The van der Waals surface area contributed by atoms with Gasteiger partial charge in [-0.25, -0.2) is 0 Å². The Kier molecular flexibility index (Phi) is 6.12. The number of hydrogen-bond acceptors (Lipinski definition) is 4. The molecule has 184 valence electrons. The van der Waals surface area contributed by atoms with Crippen LogP contribution in [0, 0.1) is 13.8 Å². The largest absolute Gasteiger partial charge is 0.325 e. The zero-order valence-electron chi connectivity index (χ0n) is 20.9. The maximum atomic E-state index is 14.1. The van der Waals surface area contributed by atoms with Gasteiger partial charge in [0.05, 0.1) is 11.4 Å². The van der Waals surface area contributed by atoms with E-state index in [1.54, 1.807) is 4.90 Å². The quantitative estimate of drug-likeness (QED) is 0.514. The lowest BCUT2D eigenvalue weighted by atomic mass is 10.0. The van der Waals surface area contributed by atoms with Crippen molar-refractivity contribution in [2.45, 2.75) is 38.5 Å². The van der Waals surface area contributed by atoms with E-state index >= 15 is 0 Å². The van der Waals surface area contributed by atoms with Crippen molar-refractivity contribution >= 4 is 46.5 Å². The van der Waals surface area contributed by atoms with Gasteiger partial charge in [-0.05, 0) is 66.8 Å². The predicted octanol–water partition coefficient (Wildman–Crippen LogP) is 5.34. The first-order valence-corrected chi connectivity index (χ1v) is 13.1. The fraction of sp³-hybridized carbons (Fsp3) is 0.276. The number of carbonyl (C=O) groups is 3. The van der Waals surface area contributed by atoms with Crippen LogP contribution in [0.5, 0.6) is 0 Å². The second-order valence-corrected chi connectivity index (χ2v) is 10.9. The second-order valence-electron chi connectivity index (χ2n) is 9.74. The Balaban J connectivity index is 1.48. The minimum atomic E-state index is -1.23. The van der Waals surface area contributed by atoms with Gasteiger partial charge in [0, 0.05) is 16.9 Å². The maximum Gasteiger partial charge on any atom is 0.269 e. The predicted molar refractivity (Wildman–Crippen MR) is 145 cm³/mol. The van der Waals surface area contributed by atoms with E-state index in [0.717, 1.165) is 16.7 Å². The number of thioether (sulfide) groups is 1. The normalized spacial score (nSPS) is 18.9. The van der Waals surface area contributed by atoms with Gasteiger partial charge >= 0.3 is 0 Å². The van der Waals surface area contributed by atoms with Crippen LogP contribution in [0.15, 0.2) is 66.7 Å². The van der Waals surface area contributed by atoms with Gasteiger partial charge in [-0.1, -0.05) is 50.2 Å². The third-order valence-corrected chi connectivity index (χ3v) is 8.08. The van der Waals surface area contributed by atoms with Crippen molar-refractivity contribution in [1.29, 1.82) is 0 Å². The minimum Gasteiger partial charge on any atom is -0.325 e. The SMILES string of the molecule is Cc1cc(C)cc(N2C(=O)CS[C@]23C(=O)N(CC(=O)Nc2ccc(C(C)C)cc2)c2ccccc23)c1. The number of nitrogens with zero attached hydrogens (tertiary/aromatic N) is 2. The molecule has 5 rings (SSSR count). The maximum absolute atomic E-state index is 14.1. The summed E-state index contributed by atoms with van der Waals surface area (Å²) in [6.07, 6.45) is 0. The molecule has 3 aromatic rings. The zero-order chi connectivity index (χ0) is 25.6. The van der Waals surface area contributed by atoms with Crippen LogP contribution in [0.4, 0.5) is 17.1 Å². The van der Waals surface area contributed by atoms with Gasteiger partial charge in [0.25, 0.3) is 5.91 Å². The summed E-state index contributed by atoms with van der Waals surface area (Å²) in [5.41, 5.74) is 5.99. The van der Waals surface area contributed by atoms with E-state index in [-0.39, 0.29) is 30.0 Å². The molecular formula is C29H29N3O3S. The number of anilines is 3. The molecule has 6 nitrogen and oxygen atoms in total. The highest BCUT2D eigenvalue weighted by molar-refractivity contribution is 8.02. The van der Waals surface area contributed by atoms with Crippen LogP contribution in [-0.2, 0) is 19.3 Å². The monoisotopic (exact) mass is 499 g/mol. The Hall–Kier alpha value is -3.58. The van der Waals surface area contributed by atoms with E-state index in [4.69, 9.17) is 0 Å². The highest BCUT2D eigenvalue weighted by Gasteiger charge is 2.61. The van der Waals surface area contributed by atoms with Crippen LogP contribution in [0.1, 0.15) is 42.0 Å². The van der Waals surface area contributed by atoms with Crippen LogP contribution in [0.3, 0.4) is 0 Å². The number of fused-ring (bicyclic) bond motifs is 2. The van der Waals surface area contributed by atoms with Gasteiger partial charge in [-0.3, -0.25) is 24.2 Å². The van der Waals surface area contributed by atoms with E-state index in [2.05, 4.69) is 19.2 Å². The Bertz CT molecular complexity index is 1350. The Labute approximate surface area is 215 Å².